The number of hydrogen-bond donors (Lipinski definition) is 0. The van der Waals surface area contributed by atoms with Crippen molar-refractivity contribution in [3.05, 3.63) is 54.1 Å². The Morgan fingerprint density at radius 2 is 1.58 bits per heavy atom. The molecular weight excluding hydrogens is 440 g/mol. The fourth-order valence-electron chi connectivity index (χ4n) is 1.77. The van der Waals surface area contributed by atoms with E-state index >= 15 is 0 Å². The number of fused-ring (bicyclic) bond motifs is 1. The maximum absolute atomic E-state index is 11.7. The van der Waals surface area contributed by atoms with Crippen LogP contribution in [0.5, 0.6) is 0 Å². The van der Waals surface area contributed by atoms with Crippen molar-refractivity contribution in [2.45, 2.75) is 0 Å². The van der Waals surface area contributed by atoms with E-state index in [1.807, 2.05) is 12.1 Å². The highest BCUT2D eigenvalue weighted by atomic mass is 79.9. The lowest BCUT2D eigenvalue weighted by molar-refractivity contribution is 1.46. The van der Waals surface area contributed by atoms with Crippen LogP contribution >= 0.6 is 47.8 Å². The first-order valence-corrected chi connectivity index (χ1v) is 7.33. The molecule has 0 atom stereocenters. The maximum Gasteiger partial charge on any atom is 0.180 e. The molecule has 0 saturated heterocycles. The molecule has 0 bridgehead atoms. The highest BCUT2D eigenvalue weighted by Crippen LogP contribution is 2.48. The molecule has 3 nitrogen and oxygen atoms in total. The number of nitrogens with zero attached hydrogens (tertiary/aromatic N) is 2. The van der Waals surface area contributed by atoms with Crippen LogP contribution < -0.4 is 5.43 Å². The fraction of sp³-hybridized carbons (Fsp3) is 0. The topological polar surface area (TPSA) is 64.7 Å². The molecule has 0 fully saturated rings. The van der Waals surface area contributed by atoms with Gasteiger partial charge < -0.3 is 0 Å². The Morgan fingerprint density at radius 1 is 0.947 bits per heavy atom. The second-order valence-electron chi connectivity index (χ2n) is 3.65. The van der Waals surface area contributed by atoms with Crippen LogP contribution in [-0.4, -0.2) is 0 Å². The van der Waals surface area contributed by atoms with Gasteiger partial charge >= 0.3 is 0 Å². The van der Waals surface area contributed by atoms with Crippen LogP contribution in [0.25, 0.3) is 10.1 Å². The molecule has 0 aromatic heterocycles. The number of hydrogen-bond acceptors (Lipinski definition) is 3. The highest BCUT2D eigenvalue weighted by molar-refractivity contribution is 9.16. The zero-order chi connectivity index (χ0) is 14.2. The standard InChI is InChI=1S/C13H3Br3N2O/c14-7-1-8(19)3-10-9(2-7)11(6(4-17)5-18)13(16)12(10)15/h1-3H. The van der Waals surface area contributed by atoms with E-state index in [0.29, 0.717) is 30.1 Å². The van der Waals surface area contributed by atoms with Crippen LogP contribution in [0.1, 0.15) is 11.1 Å². The van der Waals surface area contributed by atoms with Gasteiger partial charge in [0, 0.05) is 24.6 Å². The van der Waals surface area contributed by atoms with Crippen molar-refractivity contribution in [2.75, 3.05) is 0 Å². The van der Waals surface area contributed by atoms with Crippen molar-refractivity contribution in [1.82, 2.24) is 0 Å². The predicted octanol–water partition coefficient (Wildman–Crippen LogP) is 4.08. The fourth-order valence-corrected chi connectivity index (χ4v) is 3.38. The Kier molecular flexibility index (Phi) is 4.05. The van der Waals surface area contributed by atoms with Gasteiger partial charge in [-0.15, -0.1) is 0 Å². The van der Waals surface area contributed by atoms with Crippen molar-refractivity contribution in [2.24, 2.45) is 0 Å². The molecule has 0 heterocycles. The van der Waals surface area contributed by atoms with Gasteiger partial charge in [-0.1, -0.05) is 15.9 Å². The first-order valence-electron chi connectivity index (χ1n) is 4.95. The summed E-state index contributed by atoms with van der Waals surface area (Å²) < 4.78 is 1.84. The van der Waals surface area contributed by atoms with Crippen LogP contribution in [0.4, 0.5) is 0 Å². The lowest BCUT2D eigenvalue weighted by Crippen LogP contribution is -1.92. The van der Waals surface area contributed by atoms with Gasteiger partial charge in [0.05, 0.1) is 0 Å². The van der Waals surface area contributed by atoms with Crippen LogP contribution in [0.2, 0.25) is 0 Å². The van der Waals surface area contributed by atoms with E-state index in [9.17, 15) is 4.79 Å². The van der Waals surface area contributed by atoms with E-state index in [0.717, 1.165) is 0 Å². The Balaban J connectivity index is 2.99. The monoisotopic (exact) mass is 440 g/mol. The molecule has 1 aliphatic carbocycles. The third-order valence-electron chi connectivity index (χ3n) is 2.53. The summed E-state index contributed by atoms with van der Waals surface area (Å²) in [5, 5.41) is 18.1. The average molecular weight is 443 g/mol. The Hall–Kier alpha value is -1.21. The van der Waals surface area contributed by atoms with Gasteiger partial charge in [0.15, 0.2) is 5.43 Å². The molecule has 6 heteroatoms. The van der Waals surface area contributed by atoms with Crippen molar-refractivity contribution in [3.63, 3.8) is 0 Å². The normalized spacial score (nSPS) is 12.8. The highest BCUT2D eigenvalue weighted by Gasteiger charge is 2.26. The third kappa shape index (κ3) is 2.44. The maximum atomic E-state index is 11.7. The van der Waals surface area contributed by atoms with E-state index in [-0.39, 0.29) is 11.0 Å². The Morgan fingerprint density at radius 3 is 2.16 bits per heavy atom. The summed E-state index contributed by atoms with van der Waals surface area (Å²) in [7, 11) is 0. The molecule has 0 radical (unpaired) electrons. The van der Waals surface area contributed by atoms with Crippen LogP contribution in [0.15, 0.2) is 37.5 Å². The minimum atomic E-state index is -0.165. The molecule has 19 heavy (non-hydrogen) atoms. The zero-order valence-electron chi connectivity index (χ0n) is 9.17. The summed E-state index contributed by atoms with van der Waals surface area (Å²) in [6.45, 7) is 0. The molecular formula is C13H3Br3N2O. The van der Waals surface area contributed by atoms with E-state index < -0.39 is 0 Å². The molecule has 0 amide bonds. The summed E-state index contributed by atoms with van der Waals surface area (Å²) in [6.07, 6.45) is 0. The van der Waals surface area contributed by atoms with Gasteiger partial charge in [-0.25, -0.2) is 0 Å². The number of rotatable bonds is 0. The number of nitriles is 2. The molecule has 0 saturated carbocycles. The van der Waals surface area contributed by atoms with E-state index in [4.69, 9.17) is 10.5 Å². The predicted molar refractivity (Wildman–Crippen MR) is 83.3 cm³/mol. The largest absolute Gasteiger partial charge is 0.290 e. The molecule has 1 aromatic rings. The van der Waals surface area contributed by atoms with Crippen molar-refractivity contribution < 1.29 is 0 Å². The summed E-state index contributed by atoms with van der Waals surface area (Å²) in [5.74, 6) is 0. The van der Waals surface area contributed by atoms with Crippen LogP contribution in [0, 0.1) is 22.7 Å². The molecule has 1 aliphatic rings. The average Bonchev–Trinajstić information content (AvgIpc) is 2.52. The van der Waals surface area contributed by atoms with Gasteiger partial charge in [-0.2, -0.15) is 10.5 Å². The molecule has 0 N–H and O–H groups in total. The summed E-state index contributed by atoms with van der Waals surface area (Å²) >= 11 is 10.00. The van der Waals surface area contributed by atoms with Gasteiger partial charge in [0.1, 0.15) is 17.7 Å². The second-order valence-corrected chi connectivity index (χ2v) is 6.15. The van der Waals surface area contributed by atoms with Gasteiger partial charge in [-0.3, -0.25) is 4.79 Å². The van der Waals surface area contributed by atoms with Crippen molar-refractivity contribution >= 4 is 57.8 Å². The quantitative estimate of drug-likeness (QED) is 0.568. The van der Waals surface area contributed by atoms with Crippen molar-refractivity contribution in [3.8, 4) is 12.1 Å². The lowest BCUT2D eigenvalue weighted by atomic mass is 10.0. The van der Waals surface area contributed by atoms with E-state index in [1.165, 1.54) is 12.1 Å². The van der Waals surface area contributed by atoms with E-state index in [2.05, 4.69) is 47.8 Å². The van der Waals surface area contributed by atoms with Crippen LogP contribution in [0.3, 0.4) is 0 Å². The minimum absolute atomic E-state index is 0.00637. The summed E-state index contributed by atoms with van der Waals surface area (Å²) in [5.41, 5.74) is 1.63. The molecule has 92 valence electrons. The summed E-state index contributed by atoms with van der Waals surface area (Å²) in [6, 6.07) is 8.35. The van der Waals surface area contributed by atoms with Crippen molar-refractivity contribution in [1.29, 1.82) is 10.5 Å². The summed E-state index contributed by atoms with van der Waals surface area (Å²) in [4.78, 5) is 11.7. The third-order valence-corrected chi connectivity index (χ3v) is 5.14. The minimum Gasteiger partial charge on any atom is -0.290 e. The lowest BCUT2D eigenvalue weighted by Gasteiger charge is -1.99. The molecule has 0 unspecified atom stereocenters. The number of allylic oxidation sites excluding steroid dienone is 3. The zero-order valence-corrected chi connectivity index (χ0v) is 13.9. The van der Waals surface area contributed by atoms with Gasteiger partial charge in [0.25, 0.3) is 0 Å². The Labute approximate surface area is 134 Å². The Bertz CT molecular complexity index is 779. The van der Waals surface area contributed by atoms with Gasteiger partial charge in [0.2, 0.25) is 0 Å². The second kappa shape index (κ2) is 5.42. The SMILES string of the molecule is N#CC(C#N)=C1C(Br)=C(Br)c2cc(=O)cc(Br)cc21. The molecule has 0 aliphatic heterocycles. The van der Waals surface area contributed by atoms with E-state index in [1.54, 1.807) is 6.07 Å². The molecule has 2 rings (SSSR count). The number of halogens is 3. The smallest absolute Gasteiger partial charge is 0.180 e. The first-order chi connectivity index (χ1) is 8.99. The molecule has 1 aromatic carbocycles. The van der Waals surface area contributed by atoms with Gasteiger partial charge in [-0.05, 0) is 55.6 Å². The molecule has 0 spiro atoms. The van der Waals surface area contributed by atoms with Crippen LogP contribution in [-0.2, 0) is 0 Å². The first kappa shape index (κ1) is 14.2.